The van der Waals surface area contributed by atoms with Crippen LogP contribution >= 0.6 is 10.5 Å². The second-order valence-electron chi connectivity index (χ2n) is 8.93. The van der Waals surface area contributed by atoms with Crippen LogP contribution in [-0.4, -0.2) is 42.8 Å². The van der Waals surface area contributed by atoms with Gasteiger partial charge < -0.3 is 15.6 Å². The van der Waals surface area contributed by atoms with Gasteiger partial charge in [-0.3, -0.25) is 14.5 Å². The van der Waals surface area contributed by atoms with Crippen molar-refractivity contribution in [1.82, 2.24) is 14.7 Å². The van der Waals surface area contributed by atoms with E-state index in [2.05, 4.69) is 25.0 Å². The van der Waals surface area contributed by atoms with Crippen molar-refractivity contribution in [2.75, 3.05) is 11.9 Å². The molecule has 33 heavy (non-hydrogen) atoms. The van der Waals surface area contributed by atoms with Crippen LogP contribution in [0.2, 0.25) is 0 Å². The minimum atomic E-state index is -2.47. The number of anilines is 1. The number of pyridine rings is 2. The largest absolute Gasteiger partial charge is 0.386 e. The first-order chi connectivity index (χ1) is 15.4. The highest BCUT2D eigenvalue weighted by atomic mass is 32.3. The number of hydrogen-bond donors (Lipinski definition) is 4. The molecule has 2 aromatic heterocycles. The number of fused-ring (bicyclic) bond motifs is 1. The van der Waals surface area contributed by atoms with Crippen molar-refractivity contribution in [3.05, 3.63) is 52.7 Å². The van der Waals surface area contributed by atoms with Crippen molar-refractivity contribution < 1.29 is 13.7 Å². The molecule has 9 nitrogen and oxygen atoms in total. The molecule has 2 aromatic rings. The fourth-order valence-electron chi connectivity index (χ4n) is 4.50. The van der Waals surface area contributed by atoms with Gasteiger partial charge in [0.1, 0.15) is 40.5 Å². The molecule has 1 amide bonds. The minimum Gasteiger partial charge on any atom is -0.386 e. The Bertz CT molecular complexity index is 1230. The number of nitrogens with zero attached hydrogens (tertiary/aromatic N) is 4. The van der Waals surface area contributed by atoms with Crippen LogP contribution in [0, 0.1) is 24.1 Å². The van der Waals surface area contributed by atoms with Crippen LogP contribution in [0.25, 0.3) is 0 Å². The van der Waals surface area contributed by atoms with Gasteiger partial charge in [-0.2, -0.15) is 5.26 Å². The molecule has 4 heterocycles. The molecule has 1 saturated heterocycles. The van der Waals surface area contributed by atoms with Gasteiger partial charge in [0.2, 0.25) is 0 Å². The summed E-state index contributed by atoms with van der Waals surface area (Å²) in [6, 6.07) is 6.10. The van der Waals surface area contributed by atoms with Crippen molar-refractivity contribution in [1.29, 1.82) is 5.26 Å². The van der Waals surface area contributed by atoms with Crippen LogP contribution in [0.4, 0.5) is 10.2 Å². The molecule has 0 aliphatic carbocycles. The minimum absolute atomic E-state index is 0.00267. The molecular weight excluding hydrogens is 445 g/mol. The second-order valence-corrected chi connectivity index (χ2v) is 12.1. The van der Waals surface area contributed by atoms with Crippen LogP contribution in [0.3, 0.4) is 0 Å². The number of hydrogen-bond acceptors (Lipinski definition) is 8. The Balaban J connectivity index is 1.73. The number of carbonyl (C=O) groups is 1. The van der Waals surface area contributed by atoms with Gasteiger partial charge in [-0.05, 0) is 57.9 Å². The summed E-state index contributed by atoms with van der Waals surface area (Å²) in [5, 5.41) is 11.2. The first-order valence-corrected chi connectivity index (χ1v) is 12.1. The molecule has 0 unspecified atom stereocenters. The molecule has 11 heteroatoms. The lowest BCUT2D eigenvalue weighted by Gasteiger charge is -2.55. The number of nitriles is 1. The molecule has 4 rings (SSSR count). The van der Waals surface area contributed by atoms with Gasteiger partial charge in [0.05, 0.1) is 15.6 Å². The average molecular weight is 472 g/mol. The Kier molecular flexibility index (Phi) is 5.43. The number of nitrogens with one attached hydrogen (secondary N) is 2. The van der Waals surface area contributed by atoms with E-state index < -0.39 is 37.8 Å². The van der Waals surface area contributed by atoms with Gasteiger partial charge in [-0.25, -0.2) is 14.4 Å². The monoisotopic (exact) mass is 471 g/mol. The second kappa shape index (κ2) is 7.76. The SMILES string of the molecule is Cc1cc(C#N)cnc1C(=O)Nc1ccc(F)c([C@@]2(C)N=C(N)C(C)(C)[S@@]3(O)NCC[C@H]23)n1. The topological polar surface area (TPSA) is 149 Å². The highest BCUT2D eigenvalue weighted by Crippen LogP contribution is 2.67. The van der Waals surface area contributed by atoms with Crippen molar-refractivity contribution in [2.24, 2.45) is 10.7 Å². The van der Waals surface area contributed by atoms with Gasteiger partial charge in [0, 0.05) is 12.7 Å². The molecule has 0 bridgehead atoms. The third-order valence-electron chi connectivity index (χ3n) is 6.50. The van der Waals surface area contributed by atoms with E-state index in [4.69, 9.17) is 11.0 Å². The number of rotatable bonds is 3. The quantitative estimate of drug-likeness (QED) is 0.537. The highest BCUT2D eigenvalue weighted by Gasteiger charge is 2.61. The zero-order valence-electron chi connectivity index (χ0n) is 18.8. The summed E-state index contributed by atoms with van der Waals surface area (Å²) < 4.78 is 29.1. The van der Waals surface area contributed by atoms with Crippen molar-refractivity contribution in [3.8, 4) is 6.07 Å². The highest BCUT2D eigenvalue weighted by molar-refractivity contribution is 8.29. The molecule has 2 aliphatic rings. The van der Waals surface area contributed by atoms with E-state index >= 15 is 4.39 Å². The Hall–Kier alpha value is -3.07. The lowest BCUT2D eigenvalue weighted by atomic mass is 9.90. The summed E-state index contributed by atoms with van der Waals surface area (Å²) in [4.78, 5) is 25.9. The molecule has 0 aromatic carbocycles. The number of aryl methyl sites for hydroxylation is 1. The fraction of sp³-hybridized carbons (Fsp3) is 0.409. The molecule has 0 radical (unpaired) electrons. The lowest BCUT2D eigenvalue weighted by molar-refractivity contribution is 0.102. The number of halogens is 1. The van der Waals surface area contributed by atoms with Crippen LogP contribution in [-0.2, 0) is 5.54 Å². The molecule has 0 spiro atoms. The van der Waals surface area contributed by atoms with Crippen LogP contribution in [0.1, 0.15) is 54.5 Å². The number of nitrogens with two attached hydrogens (primary N) is 1. The number of amides is 1. The van der Waals surface area contributed by atoms with E-state index in [1.54, 1.807) is 19.9 Å². The first kappa shape index (κ1) is 23.1. The predicted molar refractivity (Wildman–Crippen MR) is 126 cm³/mol. The van der Waals surface area contributed by atoms with Crippen molar-refractivity contribution in [2.45, 2.75) is 49.7 Å². The van der Waals surface area contributed by atoms with E-state index in [-0.39, 0.29) is 23.0 Å². The van der Waals surface area contributed by atoms with Gasteiger partial charge in [-0.15, -0.1) is 0 Å². The first-order valence-electron chi connectivity index (χ1n) is 10.4. The summed E-state index contributed by atoms with van der Waals surface area (Å²) in [5.41, 5.74) is 6.05. The standard InChI is InChI=1S/C22H26FN7O2S/c1-12-9-13(10-24)11-26-17(12)19(31)29-16-6-5-14(23)18(28-16)22(4)15-7-8-27-33(15,32)21(2,3)20(25)30-22/h5-6,9,11,15,27,32H,7-8H2,1-4H3,(H2,25,30)(H,28,29,31)/t15-,22+/m1/s1. The zero-order valence-corrected chi connectivity index (χ0v) is 19.6. The number of aliphatic imine (C=N–C) groups is 1. The summed E-state index contributed by atoms with van der Waals surface area (Å²) in [6.45, 7) is 7.61. The molecular formula is C22H26FN7O2S. The van der Waals surface area contributed by atoms with Crippen molar-refractivity contribution in [3.63, 3.8) is 0 Å². The third kappa shape index (κ3) is 3.45. The van der Waals surface area contributed by atoms with Gasteiger partial charge in [0.15, 0.2) is 0 Å². The Morgan fingerprint density at radius 2 is 2.15 bits per heavy atom. The summed E-state index contributed by atoms with van der Waals surface area (Å²) in [5.74, 6) is -0.801. The van der Waals surface area contributed by atoms with Gasteiger partial charge >= 0.3 is 0 Å². The lowest BCUT2D eigenvalue weighted by Crippen LogP contribution is -2.57. The molecule has 0 saturated carbocycles. The number of carbonyl (C=O) groups excluding carboxylic acids is 1. The maximum atomic E-state index is 15.1. The maximum Gasteiger partial charge on any atom is 0.275 e. The van der Waals surface area contributed by atoms with Crippen LogP contribution in [0.15, 0.2) is 29.4 Å². The number of aromatic nitrogens is 2. The van der Waals surface area contributed by atoms with Crippen LogP contribution < -0.4 is 15.8 Å². The Morgan fingerprint density at radius 1 is 1.42 bits per heavy atom. The molecule has 174 valence electrons. The molecule has 3 atom stereocenters. The third-order valence-corrected chi connectivity index (χ3v) is 10.4. The van der Waals surface area contributed by atoms with E-state index in [0.29, 0.717) is 24.1 Å². The van der Waals surface area contributed by atoms with E-state index in [1.807, 2.05) is 19.9 Å². The Morgan fingerprint density at radius 3 is 2.82 bits per heavy atom. The smallest absolute Gasteiger partial charge is 0.275 e. The van der Waals surface area contributed by atoms with E-state index in [0.717, 1.165) is 0 Å². The normalized spacial score (nSPS) is 27.9. The predicted octanol–water partition coefficient (Wildman–Crippen LogP) is 2.97. The maximum absolute atomic E-state index is 15.1. The number of amidine groups is 1. The van der Waals surface area contributed by atoms with Crippen LogP contribution in [0.5, 0.6) is 0 Å². The summed E-state index contributed by atoms with van der Waals surface area (Å²) in [7, 11) is -2.47. The summed E-state index contributed by atoms with van der Waals surface area (Å²) >= 11 is 0. The van der Waals surface area contributed by atoms with E-state index in [1.165, 1.54) is 18.3 Å². The molecule has 1 fully saturated rings. The molecule has 2 aliphatic heterocycles. The van der Waals surface area contributed by atoms with E-state index in [9.17, 15) is 9.35 Å². The Labute approximate surface area is 193 Å². The molecule has 5 N–H and O–H groups in total. The fourth-order valence-corrected chi connectivity index (χ4v) is 7.86. The average Bonchev–Trinajstić information content (AvgIpc) is 3.18. The van der Waals surface area contributed by atoms with Gasteiger partial charge in [-0.1, -0.05) is 10.5 Å². The summed E-state index contributed by atoms with van der Waals surface area (Å²) in [6.07, 6.45) is 1.89. The van der Waals surface area contributed by atoms with Crippen molar-refractivity contribution >= 4 is 28.1 Å². The zero-order chi connectivity index (χ0) is 24.2. The van der Waals surface area contributed by atoms with Gasteiger partial charge in [0.25, 0.3) is 5.91 Å².